The van der Waals surface area contributed by atoms with E-state index in [0.29, 0.717) is 12.5 Å². The molecule has 0 amide bonds. The lowest BCUT2D eigenvalue weighted by Gasteiger charge is -1.91. The van der Waals surface area contributed by atoms with Crippen molar-refractivity contribution in [2.75, 3.05) is 6.54 Å². The number of rotatable bonds is 2. The van der Waals surface area contributed by atoms with Gasteiger partial charge in [-0.05, 0) is 18.0 Å². The molecule has 0 bridgehead atoms. The fourth-order valence-electron chi connectivity index (χ4n) is 0.614. The molecule has 0 unspecified atom stereocenters. The summed E-state index contributed by atoms with van der Waals surface area (Å²) >= 11 is 0. The minimum atomic E-state index is 0.640. The normalized spacial score (nSPS) is 9.31. The van der Waals surface area contributed by atoms with Crippen molar-refractivity contribution in [3.8, 4) is 0 Å². The molecule has 0 aromatic heterocycles. The molecule has 74 valence electrons. The van der Waals surface area contributed by atoms with E-state index in [0.717, 1.165) is 6.54 Å². The summed E-state index contributed by atoms with van der Waals surface area (Å²) in [5.41, 5.74) is 11.7. The van der Waals surface area contributed by atoms with Crippen LogP contribution in [0.1, 0.15) is 19.4 Å². The fraction of sp³-hybridized carbons (Fsp3) is 0.455. The van der Waals surface area contributed by atoms with Crippen molar-refractivity contribution in [3.05, 3.63) is 35.9 Å². The third kappa shape index (κ3) is 7.50. The average Bonchev–Trinajstić information content (AvgIpc) is 2.20. The van der Waals surface area contributed by atoms with Gasteiger partial charge in [0.1, 0.15) is 0 Å². The van der Waals surface area contributed by atoms with Crippen molar-refractivity contribution in [1.29, 1.82) is 0 Å². The molecule has 4 N–H and O–H groups in total. The van der Waals surface area contributed by atoms with Gasteiger partial charge in [-0.3, -0.25) is 0 Å². The minimum absolute atomic E-state index is 0.640. The van der Waals surface area contributed by atoms with E-state index in [2.05, 4.69) is 13.8 Å². The molecule has 0 saturated heterocycles. The zero-order valence-electron chi connectivity index (χ0n) is 8.53. The van der Waals surface area contributed by atoms with E-state index in [9.17, 15) is 0 Å². The molecule has 1 aromatic rings. The van der Waals surface area contributed by atoms with E-state index < -0.39 is 0 Å². The van der Waals surface area contributed by atoms with E-state index in [1.807, 2.05) is 30.3 Å². The Kier molecular flexibility index (Phi) is 7.26. The summed E-state index contributed by atoms with van der Waals surface area (Å²) in [6.07, 6.45) is 0. The van der Waals surface area contributed by atoms with Crippen LogP contribution in [-0.4, -0.2) is 6.54 Å². The first-order valence-electron chi connectivity index (χ1n) is 4.64. The van der Waals surface area contributed by atoms with Crippen LogP contribution in [-0.2, 0) is 6.54 Å². The van der Waals surface area contributed by atoms with Crippen LogP contribution in [0.2, 0.25) is 0 Å². The molecule has 0 saturated carbocycles. The van der Waals surface area contributed by atoms with E-state index in [-0.39, 0.29) is 0 Å². The van der Waals surface area contributed by atoms with Crippen LogP contribution in [0.5, 0.6) is 0 Å². The predicted octanol–water partition coefficient (Wildman–Crippen LogP) is 1.75. The Morgan fingerprint density at radius 3 is 1.77 bits per heavy atom. The van der Waals surface area contributed by atoms with Gasteiger partial charge in [0.05, 0.1) is 0 Å². The molecule has 0 fully saturated rings. The van der Waals surface area contributed by atoms with Crippen molar-refractivity contribution < 1.29 is 0 Å². The lowest BCUT2D eigenvalue weighted by atomic mass is 10.2. The van der Waals surface area contributed by atoms with Crippen molar-refractivity contribution in [2.45, 2.75) is 20.4 Å². The van der Waals surface area contributed by atoms with Crippen LogP contribution in [0.3, 0.4) is 0 Å². The molecule has 0 atom stereocenters. The molecule has 0 radical (unpaired) electrons. The summed E-state index contributed by atoms with van der Waals surface area (Å²) in [5.74, 6) is 0.662. The van der Waals surface area contributed by atoms with Gasteiger partial charge in [-0.15, -0.1) is 0 Å². The maximum atomic E-state index is 5.35. The Labute approximate surface area is 80.9 Å². The van der Waals surface area contributed by atoms with Crippen LogP contribution in [0.15, 0.2) is 30.3 Å². The number of nitrogens with two attached hydrogens (primary N) is 2. The van der Waals surface area contributed by atoms with E-state index >= 15 is 0 Å². The Balaban J connectivity index is 0.000000252. The quantitative estimate of drug-likeness (QED) is 0.728. The molecule has 0 aliphatic heterocycles. The third-order valence-corrected chi connectivity index (χ3v) is 1.55. The lowest BCUT2D eigenvalue weighted by molar-refractivity contribution is 0.664. The SMILES string of the molecule is CC(C)CN.NCc1ccccc1. The average molecular weight is 180 g/mol. The summed E-state index contributed by atoms with van der Waals surface area (Å²) in [5, 5.41) is 0. The standard InChI is InChI=1S/C7H9N.C4H11N/c8-6-7-4-2-1-3-5-7;1-4(2)3-5/h1-5H,6,8H2;4H,3,5H2,1-2H3. The van der Waals surface area contributed by atoms with Gasteiger partial charge in [0.2, 0.25) is 0 Å². The maximum absolute atomic E-state index is 5.35. The molecule has 13 heavy (non-hydrogen) atoms. The summed E-state index contributed by atoms with van der Waals surface area (Å²) in [6, 6.07) is 9.99. The Morgan fingerprint density at radius 1 is 1.08 bits per heavy atom. The van der Waals surface area contributed by atoms with Gasteiger partial charge in [0.25, 0.3) is 0 Å². The number of hydrogen-bond acceptors (Lipinski definition) is 2. The predicted molar refractivity (Wildman–Crippen MR) is 58.2 cm³/mol. The molecule has 2 nitrogen and oxygen atoms in total. The van der Waals surface area contributed by atoms with Crippen LogP contribution >= 0.6 is 0 Å². The molecule has 0 aliphatic carbocycles. The van der Waals surface area contributed by atoms with Crippen LogP contribution in [0.25, 0.3) is 0 Å². The monoisotopic (exact) mass is 180 g/mol. The largest absolute Gasteiger partial charge is 0.330 e. The second kappa shape index (κ2) is 7.77. The zero-order valence-corrected chi connectivity index (χ0v) is 8.53. The number of hydrogen-bond donors (Lipinski definition) is 2. The van der Waals surface area contributed by atoms with E-state index in [1.165, 1.54) is 5.56 Å². The van der Waals surface area contributed by atoms with Gasteiger partial charge in [-0.1, -0.05) is 44.2 Å². The fourth-order valence-corrected chi connectivity index (χ4v) is 0.614. The second-order valence-corrected chi connectivity index (χ2v) is 3.32. The Hall–Kier alpha value is -0.860. The lowest BCUT2D eigenvalue weighted by Crippen LogP contribution is -2.05. The van der Waals surface area contributed by atoms with E-state index in [4.69, 9.17) is 11.5 Å². The van der Waals surface area contributed by atoms with Crippen molar-refractivity contribution >= 4 is 0 Å². The topological polar surface area (TPSA) is 52.0 Å². The highest BCUT2D eigenvalue weighted by Crippen LogP contribution is 1.94. The smallest absolute Gasteiger partial charge is 0.0178 e. The van der Waals surface area contributed by atoms with Crippen LogP contribution < -0.4 is 11.5 Å². The first-order valence-corrected chi connectivity index (χ1v) is 4.64. The van der Waals surface area contributed by atoms with Crippen molar-refractivity contribution in [2.24, 2.45) is 17.4 Å². The molecule has 1 rings (SSSR count). The molecule has 0 heterocycles. The van der Waals surface area contributed by atoms with Crippen LogP contribution in [0.4, 0.5) is 0 Å². The van der Waals surface area contributed by atoms with Gasteiger partial charge < -0.3 is 11.5 Å². The van der Waals surface area contributed by atoms with E-state index in [1.54, 1.807) is 0 Å². The van der Waals surface area contributed by atoms with Gasteiger partial charge in [0, 0.05) is 6.54 Å². The minimum Gasteiger partial charge on any atom is -0.330 e. The molecule has 0 spiro atoms. The molecular weight excluding hydrogens is 160 g/mol. The van der Waals surface area contributed by atoms with Crippen molar-refractivity contribution in [3.63, 3.8) is 0 Å². The first kappa shape index (κ1) is 12.1. The summed E-state index contributed by atoms with van der Waals surface area (Å²) in [4.78, 5) is 0. The highest BCUT2D eigenvalue weighted by Gasteiger charge is 1.80. The van der Waals surface area contributed by atoms with Gasteiger partial charge in [-0.2, -0.15) is 0 Å². The maximum Gasteiger partial charge on any atom is 0.0178 e. The zero-order chi connectivity index (χ0) is 10.1. The summed E-state index contributed by atoms with van der Waals surface area (Å²) in [6.45, 7) is 5.64. The molecule has 0 aliphatic rings. The first-order chi connectivity index (χ1) is 6.20. The van der Waals surface area contributed by atoms with Gasteiger partial charge in [-0.25, -0.2) is 0 Å². The Morgan fingerprint density at radius 2 is 1.54 bits per heavy atom. The molecule has 1 aromatic carbocycles. The van der Waals surface area contributed by atoms with Gasteiger partial charge >= 0.3 is 0 Å². The summed E-state index contributed by atoms with van der Waals surface area (Å²) < 4.78 is 0. The summed E-state index contributed by atoms with van der Waals surface area (Å²) in [7, 11) is 0. The van der Waals surface area contributed by atoms with Crippen molar-refractivity contribution in [1.82, 2.24) is 0 Å². The number of benzene rings is 1. The Bertz CT molecular complexity index is 195. The third-order valence-electron chi connectivity index (χ3n) is 1.55. The molecular formula is C11H20N2. The second-order valence-electron chi connectivity index (χ2n) is 3.32. The highest BCUT2D eigenvalue weighted by atomic mass is 14.5. The molecule has 2 heteroatoms. The van der Waals surface area contributed by atoms with Gasteiger partial charge in [0.15, 0.2) is 0 Å². The highest BCUT2D eigenvalue weighted by molar-refractivity contribution is 5.13. The van der Waals surface area contributed by atoms with Crippen LogP contribution in [0, 0.1) is 5.92 Å².